The molecule has 0 spiro atoms. The maximum absolute atomic E-state index is 9.21. The molecule has 1 atom stereocenters. The van der Waals surface area contributed by atoms with Gasteiger partial charge in [0.05, 0.1) is 0 Å². The van der Waals surface area contributed by atoms with Crippen LogP contribution in [0.5, 0.6) is 0 Å². The van der Waals surface area contributed by atoms with Gasteiger partial charge in [-0.15, -0.1) is 0 Å². The third-order valence-electron chi connectivity index (χ3n) is 3.05. The smallest absolute Gasteiger partial charge is 0.132 e. The topological polar surface area (TPSA) is 49.2 Å². The summed E-state index contributed by atoms with van der Waals surface area (Å²) in [5.74, 6) is 2.22. The van der Waals surface area contributed by atoms with E-state index in [4.69, 9.17) is 0 Å². The van der Waals surface area contributed by atoms with Crippen LogP contribution in [-0.2, 0) is 0 Å². The van der Waals surface area contributed by atoms with E-state index in [1.807, 2.05) is 19.9 Å². The Hall–Kier alpha value is -1.16. The molecule has 0 bridgehead atoms. The number of nitrogens with zero attached hydrogens (tertiary/aromatic N) is 3. The Bertz CT molecular complexity index is 347. The van der Waals surface area contributed by atoms with Crippen molar-refractivity contribution in [2.24, 2.45) is 5.92 Å². The first-order chi connectivity index (χ1) is 7.69. The van der Waals surface area contributed by atoms with Crippen LogP contribution in [0, 0.1) is 19.8 Å². The van der Waals surface area contributed by atoms with Gasteiger partial charge in [-0.05, 0) is 32.6 Å². The Morgan fingerprint density at radius 1 is 1.44 bits per heavy atom. The molecule has 0 amide bonds. The van der Waals surface area contributed by atoms with E-state index in [1.54, 1.807) is 0 Å². The molecule has 1 fully saturated rings. The lowest BCUT2D eigenvalue weighted by molar-refractivity contribution is 0.208. The Labute approximate surface area is 96.3 Å². The van der Waals surface area contributed by atoms with Gasteiger partial charge < -0.3 is 10.0 Å². The van der Waals surface area contributed by atoms with Gasteiger partial charge in [0.25, 0.3) is 0 Å². The van der Waals surface area contributed by atoms with Crippen molar-refractivity contribution < 1.29 is 5.11 Å². The molecule has 16 heavy (non-hydrogen) atoms. The molecule has 1 saturated heterocycles. The molecule has 88 valence electrons. The van der Waals surface area contributed by atoms with Crippen molar-refractivity contribution in [2.45, 2.75) is 26.7 Å². The first kappa shape index (κ1) is 11.3. The highest BCUT2D eigenvalue weighted by atomic mass is 16.3. The summed E-state index contributed by atoms with van der Waals surface area (Å²) in [6, 6.07) is 2.02. The first-order valence-corrected chi connectivity index (χ1v) is 5.87. The van der Waals surface area contributed by atoms with Crippen molar-refractivity contribution in [3.8, 4) is 0 Å². The third kappa shape index (κ3) is 2.50. The fourth-order valence-electron chi connectivity index (χ4n) is 2.28. The Morgan fingerprint density at radius 2 is 2.25 bits per heavy atom. The van der Waals surface area contributed by atoms with E-state index in [-0.39, 0.29) is 6.61 Å². The van der Waals surface area contributed by atoms with Crippen LogP contribution in [0.25, 0.3) is 0 Å². The molecule has 1 N–H and O–H groups in total. The molecule has 1 aliphatic rings. The molecule has 2 heterocycles. The summed E-state index contributed by atoms with van der Waals surface area (Å²) in [5, 5.41) is 9.21. The fourth-order valence-corrected chi connectivity index (χ4v) is 2.28. The van der Waals surface area contributed by atoms with Gasteiger partial charge in [0.1, 0.15) is 11.6 Å². The standard InChI is InChI=1S/C12H19N3O/c1-9-6-12(14-10(2)13-9)15-5-3-4-11(7-15)8-16/h6,11,16H,3-5,7-8H2,1-2H3. The average Bonchev–Trinajstić information content (AvgIpc) is 2.28. The molecule has 4 nitrogen and oxygen atoms in total. The van der Waals surface area contributed by atoms with Crippen molar-refractivity contribution in [3.05, 3.63) is 17.6 Å². The highest BCUT2D eigenvalue weighted by Crippen LogP contribution is 2.21. The summed E-state index contributed by atoms with van der Waals surface area (Å²) < 4.78 is 0. The number of anilines is 1. The van der Waals surface area contributed by atoms with Crippen LogP contribution in [0.3, 0.4) is 0 Å². The van der Waals surface area contributed by atoms with Crippen molar-refractivity contribution in [1.29, 1.82) is 0 Å². The molecule has 1 aromatic rings. The molecular formula is C12H19N3O. The van der Waals surface area contributed by atoms with Crippen LogP contribution >= 0.6 is 0 Å². The SMILES string of the molecule is Cc1cc(N2CCCC(CO)C2)nc(C)n1. The predicted octanol–water partition coefficient (Wildman–Crippen LogP) is 1.30. The zero-order valence-corrected chi connectivity index (χ0v) is 9.98. The highest BCUT2D eigenvalue weighted by Gasteiger charge is 2.20. The van der Waals surface area contributed by atoms with E-state index in [2.05, 4.69) is 14.9 Å². The van der Waals surface area contributed by atoms with Crippen LogP contribution in [0.1, 0.15) is 24.4 Å². The fraction of sp³-hybridized carbons (Fsp3) is 0.667. The van der Waals surface area contributed by atoms with Crippen molar-refractivity contribution in [3.63, 3.8) is 0 Å². The molecule has 0 aromatic carbocycles. The van der Waals surface area contributed by atoms with E-state index in [9.17, 15) is 5.11 Å². The number of aromatic nitrogens is 2. The quantitative estimate of drug-likeness (QED) is 0.818. The molecule has 0 radical (unpaired) electrons. The number of aryl methyl sites for hydroxylation is 2. The number of piperidine rings is 1. The van der Waals surface area contributed by atoms with Gasteiger partial charge in [-0.2, -0.15) is 0 Å². The molecule has 0 saturated carbocycles. The summed E-state index contributed by atoms with van der Waals surface area (Å²) in [5.41, 5.74) is 1.01. The zero-order chi connectivity index (χ0) is 11.5. The lowest BCUT2D eigenvalue weighted by Crippen LogP contribution is -2.37. The summed E-state index contributed by atoms with van der Waals surface area (Å²) in [6.07, 6.45) is 2.25. The minimum Gasteiger partial charge on any atom is -0.396 e. The second kappa shape index (κ2) is 4.78. The van der Waals surface area contributed by atoms with Crippen LogP contribution in [0.2, 0.25) is 0 Å². The van der Waals surface area contributed by atoms with Crippen LogP contribution in [-0.4, -0.2) is 34.8 Å². The number of aliphatic hydroxyl groups excluding tert-OH is 1. The van der Waals surface area contributed by atoms with E-state index in [0.29, 0.717) is 5.92 Å². The van der Waals surface area contributed by atoms with E-state index >= 15 is 0 Å². The first-order valence-electron chi connectivity index (χ1n) is 5.87. The summed E-state index contributed by atoms with van der Waals surface area (Å²) in [7, 11) is 0. The van der Waals surface area contributed by atoms with Gasteiger partial charge in [0.2, 0.25) is 0 Å². The number of hydrogen-bond donors (Lipinski definition) is 1. The summed E-state index contributed by atoms with van der Waals surface area (Å²) in [4.78, 5) is 11.0. The van der Waals surface area contributed by atoms with Crippen molar-refractivity contribution in [2.75, 3.05) is 24.6 Å². The van der Waals surface area contributed by atoms with Gasteiger partial charge in [-0.25, -0.2) is 9.97 Å². The Kier molecular flexibility index (Phi) is 3.39. The van der Waals surface area contributed by atoms with Crippen LogP contribution in [0.15, 0.2) is 6.07 Å². The largest absolute Gasteiger partial charge is 0.396 e. The minimum absolute atomic E-state index is 0.277. The van der Waals surface area contributed by atoms with Crippen LogP contribution < -0.4 is 4.90 Å². The lowest BCUT2D eigenvalue weighted by atomic mass is 9.99. The van der Waals surface area contributed by atoms with Crippen molar-refractivity contribution >= 4 is 5.82 Å². The second-order valence-corrected chi connectivity index (χ2v) is 4.55. The van der Waals surface area contributed by atoms with Gasteiger partial charge in [-0.3, -0.25) is 0 Å². The molecule has 1 unspecified atom stereocenters. The number of aliphatic hydroxyl groups is 1. The van der Waals surface area contributed by atoms with Gasteiger partial charge >= 0.3 is 0 Å². The average molecular weight is 221 g/mol. The summed E-state index contributed by atoms with van der Waals surface area (Å²) >= 11 is 0. The molecule has 1 aromatic heterocycles. The Balaban J connectivity index is 2.16. The monoisotopic (exact) mass is 221 g/mol. The maximum Gasteiger partial charge on any atom is 0.132 e. The maximum atomic E-state index is 9.21. The normalized spacial score (nSPS) is 21.2. The number of hydrogen-bond acceptors (Lipinski definition) is 4. The van der Waals surface area contributed by atoms with Crippen LogP contribution in [0.4, 0.5) is 5.82 Å². The predicted molar refractivity (Wildman–Crippen MR) is 63.5 cm³/mol. The molecule has 2 rings (SSSR count). The molecule has 1 aliphatic heterocycles. The van der Waals surface area contributed by atoms with Gasteiger partial charge in [0, 0.05) is 31.5 Å². The highest BCUT2D eigenvalue weighted by molar-refractivity contribution is 5.40. The van der Waals surface area contributed by atoms with E-state index < -0.39 is 0 Å². The van der Waals surface area contributed by atoms with Gasteiger partial charge in [-0.1, -0.05) is 0 Å². The molecule has 4 heteroatoms. The molecule has 0 aliphatic carbocycles. The Morgan fingerprint density at radius 3 is 2.94 bits per heavy atom. The lowest BCUT2D eigenvalue weighted by Gasteiger charge is -2.32. The minimum atomic E-state index is 0.277. The zero-order valence-electron chi connectivity index (χ0n) is 9.98. The van der Waals surface area contributed by atoms with E-state index in [1.165, 1.54) is 0 Å². The summed E-state index contributed by atoms with van der Waals surface area (Å²) in [6.45, 7) is 6.13. The van der Waals surface area contributed by atoms with Gasteiger partial charge in [0.15, 0.2) is 0 Å². The molecular weight excluding hydrogens is 202 g/mol. The second-order valence-electron chi connectivity index (χ2n) is 4.55. The van der Waals surface area contributed by atoms with Crippen molar-refractivity contribution in [1.82, 2.24) is 9.97 Å². The van der Waals surface area contributed by atoms with E-state index in [0.717, 1.165) is 43.3 Å². The third-order valence-corrected chi connectivity index (χ3v) is 3.05. The number of rotatable bonds is 2.